The van der Waals surface area contributed by atoms with Crippen LogP contribution in [0.25, 0.3) is 0 Å². The number of halogens is 1. The number of hydrogen-bond acceptors (Lipinski definition) is 2. The summed E-state index contributed by atoms with van der Waals surface area (Å²) in [6.45, 7) is 10.3. The molecule has 92 valence electrons. The molecule has 1 heterocycles. The fourth-order valence-corrected chi connectivity index (χ4v) is 1.90. The van der Waals surface area contributed by atoms with Crippen molar-refractivity contribution in [3.8, 4) is 0 Å². The lowest BCUT2D eigenvalue weighted by molar-refractivity contribution is 0.441. The fourth-order valence-electron chi connectivity index (χ4n) is 1.77. The zero-order chi connectivity index (χ0) is 12.1. The topological polar surface area (TPSA) is 29.9 Å². The van der Waals surface area contributed by atoms with Gasteiger partial charge in [-0.15, -0.1) is 0 Å². The summed E-state index contributed by atoms with van der Waals surface area (Å²) in [4.78, 5) is 0. The van der Waals surface area contributed by atoms with Crippen molar-refractivity contribution in [3.05, 3.63) is 16.4 Å². The Balaban J connectivity index is 2.52. The third kappa shape index (κ3) is 3.22. The van der Waals surface area contributed by atoms with Gasteiger partial charge >= 0.3 is 0 Å². The highest BCUT2D eigenvalue weighted by Gasteiger charge is 2.13. The molecule has 0 aromatic carbocycles. The summed E-state index contributed by atoms with van der Waals surface area (Å²) in [5.74, 6) is 0. The summed E-state index contributed by atoms with van der Waals surface area (Å²) in [6, 6.07) is 0.350. The molecular weight excluding hydrogens is 222 g/mol. The molecule has 0 saturated carbocycles. The molecule has 0 amide bonds. The minimum absolute atomic E-state index is 0.350. The van der Waals surface area contributed by atoms with Gasteiger partial charge in [-0.3, -0.25) is 4.68 Å². The predicted molar refractivity (Wildman–Crippen MR) is 69.2 cm³/mol. The third-order valence-corrected chi connectivity index (χ3v) is 3.35. The summed E-state index contributed by atoms with van der Waals surface area (Å²) in [5.41, 5.74) is 1.98. The van der Waals surface area contributed by atoms with Crippen LogP contribution in [-0.4, -0.2) is 22.9 Å². The Morgan fingerprint density at radius 2 is 2.12 bits per heavy atom. The number of nitrogens with zero attached hydrogens (tertiary/aromatic N) is 2. The second-order valence-electron chi connectivity index (χ2n) is 4.34. The van der Waals surface area contributed by atoms with Crippen molar-refractivity contribution in [1.82, 2.24) is 15.1 Å². The monoisotopic (exact) mass is 243 g/mol. The second kappa shape index (κ2) is 6.26. The fraction of sp³-hybridized carbons (Fsp3) is 0.750. The summed E-state index contributed by atoms with van der Waals surface area (Å²) in [6.07, 6.45) is 2.46. The van der Waals surface area contributed by atoms with E-state index in [4.69, 9.17) is 11.6 Å². The Kier molecular flexibility index (Phi) is 5.29. The first-order valence-electron chi connectivity index (χ1n) is 5.99. The molecule has 1 atom stereocenters. The maximum Gasteiger partial charge on any atom is 0.0844 e. The quantitative estimate of drug-likeness (QED) is 0.779. The zero-order valence-electron chi connectivity index (χ0n) is 10.7. The highest BCUT2D eigenvalue weighted by molar-refractivity contribution is 6.31. The van der Waals surface area contributed by atoms with Crippen molar-refractivity contribution < 1.29 is 0 Å². The molecule has 0 aliphatic carbocycles. The zero-order valence-corrected chi connectivity index (χ0v) is 11.4. The lowest BCUT2D eigenvalue weighted by atomic mass is 10.3. The molecule has 16 heavy (non-hydrogen) atoms. The van der Waals surface area contributed by atoms with Crippen molar-refractivity contribution in [2.24, 2.45) is 0 Å². The predicted octanol–water partition coefficient (Wildman–Crippen LogP) is 3.10. The molecule has 0 aliphatic heterocycles. The maximum atomic E-state index is 6.12. The maximum absolute atomic E-state index is 6.12. The van der Waals surface area contributed by atoms with Crippen molar-refractivity contribution >= 4 is 11.6 Å². The lowest BCUT2D eigenvalue weighted by Crippen LogP contribution is -2.25. The van der Waals surface area contributed by atoms with Crippen LogP contribution in [0, 0.1) is 13.8 Å². The van der Waals surface area contributed by atoms with Crippen LogP contribution in [0.1, 0.15) is 44.1 Å². The van der Waals surface area contributed by atoms with Gasteiger partial charge in [0.15, 0.2) is 0 Å². The van der Waals surface area contributed by atoms with E-state index >= 15 is 0 Å². The first kappa shape index (κ1) is 13.5. The van der Waals surface area contributed by atoms with Gasteiger partial charge in [-0.2, -0.15) is 5.10 Å². The molecule has 3 nitrogen and oxygen atoms in total. The molecule has 0 aliphatic rings. The van der Waals surface area contributed by atoms with Gasteiger partial charge in [0.1, 0.15) is 0 Å². The Bertz CT molecular complexity index is 333. The Morgan fingerprint density at radius 3 is 2.62 bits per heavy atom. The first-order chi connectivity index (χ1) is 7.57. The van der Waals surface area contributed by atoms with E-state index in [1.54, 1.807) is 0 Å². The van der Waals surface area contributed by atoms with Crippen LogP contribution in [-0.2, 0) is 0 Å². The van der Waals surface area contributed by atoms with E-state index in [1.807, 2.05) is 18.5 Å². The molecule has 4 heteroatoms. The SMILES string of the molecule is CCCCNCC(C)n1nc(C)c(Cl)c1C. The molecule has 0 saturated heterocycles. The molecule has 1 aromatic heterocycles. The summed E-state index contributed by atoms with van der Waals surface area (Å²) >= 11 is 6.12. The van der Waals surface area contributed by atoms with Gasteiger partial charge in [-0.25, -0.2) is 0 Å². The Hall–Kier alpha value is -0.540. The van der Waals surface area contributed by atoms with E-state index in [2.05, 4.69) is 24.3 Å². The Labute approximate surface area is 103 Å². The molecule has 0 radical (unpaired) electrons. The van der Waals surface area contributed by atoms with Gasteiger partial charge in [0.05, 0.1) is 22.5 Å². The molecular formula is C12H22ClN3. The molecule has 1 rings (SSSR count). The van der Waals surface area contributed by atoms with Gasteiger partial charge in [0, 0.05) is 6.54 Å². The van der Waals surface area contributed by atoms with Gasteiger partial charge in [0.2, 0.25) is 0 Å². The highest BCUT2D eigenvalue weighted by Crippen LogP contribution is 2.21. The number of aryl methyl sites for hydroxylation is 1. The van der Waals surface area contributed by atoms with Crippen LogP contribution < -0.4 is 5.32 Å². The van der Waals surface area contributed by atoms with Gasteiger partial charge < -0.3 is 5.32 Å². The summed E-state index contributed by atoms with van der Waals surface area (Å²) < 4.78 is 2.01. The number of unbranched alkanes of at least 4 members (excludes halogenated alkanes) is 1. The van der Waals surface area contributed by atoms with Crippen LogP contribution in [0.2, 0.25) is 5.02 Å². The summed E-state index contributed by atoms with van der Waals surface area (Å²) in [7, 11) is 0. The van der Waals surface area contributed by atoms with E-state index in [-0.39, 0.29) is 0 Å². The van der Waals surface area contributed by atoms with E-state index in [0.717, 1.165) is 29.5 Å². The minimum Gasteiger partial charge on any atom is -0.315 e. The van der Waals surface area contributed by atoms with Crippen LogP contribution in [0.4, 0.5) is 0 Å². The standard InChI is InChI=1S/C12H22ClN3/c1-5-6-7-14-8-9(2)16-11(4)12(13)10(3)15-16/h9,14H,5-8H2,1-4H3. The molecule has 0 bridgehead atoms. The number of hydrogen-bond donors (Lipinski definition) is 1. The summed E-state index contributed by atoms with van der Waals surface area (Å²) in [5, 5.41) is 8.68. The molecule has 1 N–H and O–H groups in total. The molecule has 0 fully saturated rings. The minimum atomic E-state index is 0.350. The molecule has 0 spiro atoms. The van der Waals surface area contributed by atoms with Crippen LogP contribution in [0.5, 0.6) is 0 Å². The second-order valence-corrected chi connectivity index (χ2v) is 4.71. The number of rotatable bonds is 6. The lowest BCUT2D eigenvalue weighted by Gasteiger charge is -2.15. The van der Waals surface area contributed by atoms with E-state index in [0.29, 0.717) is 6.04 Å². The van der Waals surface area contributed by atoms with E-state index < -0.39 is 0 Å². The third-order valence-electron chi connectivity index (χ3n) is 2.80. The van der Waals surface area contributed by atoms with Gasteiger partial charge in [-0.1, -0.05) is 24.9 Å². The van der Waals surface area contributed by atoms with Crippen LogP contribution in [0.15, 0.2) is 0 Å². The average molecular weight is 244 g/mol. The van der Waals surface area contributed by atoms with Crippen molar-refractivity contribution in [3.63, 3.8) is 0 Å². The van der Waals surface area contributed by atoms with Crippen LogP contribution in [0.3, 0.4) is 0 Å². The van der Waals surface area contributed by atoms with Gasteiger partial charge in [0.25, 0.3) is 0 Å². The molecule has 1 unspecified atom stereocenters. The van der Waals surface area contributed by atoms with Crippen LogP contribution >= 0.6 is 11.6 Å². The smallest absolute Gasteiger partial charge is 0.0844 e. The normalized spacial score (nSPS) is 13.1. The van der Waals surface area contributed by atoms with Crippen molar-refractivity contribution in [1.29, 1.82) is 0 Å². The number of nitrogens with one attached hydrogen (secondary N) is 1. The average Bonchev–Trinajstić information content (AvgIpc) is 2.52. The first-order valence-corrected chi connectivity index (χ1v) is 6.37. The largest absolute Gasteiger partial charge is 0.315 e. The highest BCUT2D eigenvalue weighted by atomic mass is 35.5. The van der Waals surface area contributed by atoms with Crippen molar-refractivity contribution in [2.75, 3.05) is 13.1 Å². The van der Waals surface area contributed by atoms with E-state index in [9.17, 15) is 0 Å². The van der Waals surface area contributed by atoms with Gasteiger partial charge in [-0.05, 0) is 33.7 Å². The number of aromatic nitrogens is 2. The van der Waals surface area contributed by atoms with Crippen molar-refractivity contribution in [2.45, 2.75) is 46.6 Å². The molecule has 1 aromatic rings. The van der Waals surface area contributed by atoms with E-state index in [1.165, 1.54) is 12.8 Å². The Morgan fingerprint density at radius 1 is 1.44 bits per heavy atom.